The number of hydrogen-bond donors (Lipinski definition) is 1. The number of fused-ring (bicyclic) bond motifs is 1. The van der Waals surface area contributed by atoms with Crippen LogP contribution in [0, 0.1) is 20.8 Å². The largest absolute Gasteiger partial charge is 0.494 e. The monoisotopic (exact) mass is 465 g/mol. The molecule has 0 aliphatic carbocycles. The van der Waals surface area contributed by atoms with E-state index >= 15 is 0 Å². The summed E-state index contributed by atoms with van der Waals surface area (Å²) < 4.78 is 9.08. The predicted molar refractivity (Wildman–Crippen MR) is 134 cm³/mol. The molecule has 6 heteroatoms. The van der Waals surface area contributed by atoms with Crippen molar-refractivity contribution < 1.29 is 14.6 Å². The summed E-state index contributed by atoms with van der Waals surface area (Å²) in [5.74, 6) is 0.0209. The van der Waals surface area contributed by atoms with Gasteiger partial charge in [0.15, 0.2) is 0 Å². The van der Waals surface area contributed by atoms with Gasteiger partial charge in [-0.3, -0.25) is 8.77 Å². The quantitative estimate of drug-likeness (QED) is 0.297. The van der Waals surface area contributed by atoms with E-state index in [1.165, 1.54) is 31.3 Å². The molecule has 0 aliphatic heterocycles. The maximum Gasteiger partial charge on any atom is 0.303 e. The molecule has 4 rings (SSSR count). The van der Waals surface area contributed by atoms with Crippen LogP contribution in [0.1, 0.15) is 34.9 Å². The van der Waals surface area contributed by atoms with E-state index in [1.807, 2.05) is 19.1 Å². The molecule has 4 aromatic rings. The molecule has 0 saturated heterocycles. The third-order valence-electron chi connectivity index (χ3n) is 5.56. The van der Waals surface area contributed by atoms with Gasteiger partial charge in [0.05, 0.1) is 16.3 Å². The summed E-state index contributed by atoms with van der Waals surface area (Å²) >= 11 is 3.48. The summed E-state index contributed by atoms with van der Waals surface area (Å²) in [7, 11) is 0. The number of carbonyl (C=O) groups is 1. The number of carboxylic acid groups (broad SMARTS) is 1. The van der Waals surface area contributed by atoms with Crippen LogP contribution in [-0.2, 0) is 11.2 Å². The molecule has 2 aromatic carbocycles. The highest BCUT2D eigenvalue weighted by Gasteiger charge is 2.16. The van der Waals surface area contributed by atoms with Crippen LogP contribution < -0.4 is 4.74 Å². The van der Waals surface area contributed by atoms with Crippen LogP contribution in [0.25, 0.3) is 22.0 Å². The van der Waals surface area contributed by atoms with Crippen molar-refractivity contribution in [3.05, 3.63) is 70.2 Å². The predicted octanol–water partition coefficient (Wildman–Crippen LogP) is 7.27. The Hall–Kier alpha value is -2.70. The first-order valence-electron chi connectivity index (χ1n) is 10.7. The third kappa shape index (κ3) is 4.71. The Kier molecular flexibility index (Phi) is 6.63. The molecule has 0 amide bonds. The number of ether oxygens (including phenoxy) is 1. The van der Waals surface area contributed by atoms with Crippen molar-refractivity contribution in [2.45, 2.75) is 44.7 Å². The fourth-order valence-corrected chi connectivity index (χ4v) is 6.21. The maximum atomic E-state index is 11.2. The molecule has 0 aliphatic rings. The smallest absolute Gasteiger partial charge is 0.303 e. The van der Waals surface area contributed by atoms with E-state index in [9.17, 15) is 9.90 Å². The molecule has 0 bridgehead atoms. The van der Waals surface area contributed by atoms with Crippen LogP contribution in [0.2, 0.25) is 0 Å². The van der Waals surface area contributed by atoms with E-state index in [4.69, 9.17) is 4.74 Å². The van der Waals surface area contributed by atoms with E-state index in [2.05, 4.69) is 61.3 Å². The van der Waals surface area contributed by atoms with Crippen LogP contribution in [0.3, 0.4) is 0 Å². The normalized spacial score (nSPS) is 11.2. The second-order valence-corrected chi connectivity index (χ2v) is 10.4. The number of carboxylic acids is 1. The Morgan fingerprint density at radius 1 is 1.09 bits per heavy atom. The number of nitrogens with zero attached hydrogens (tertiary/aromatic N) is 1. The van der Waals surface area contributed by atoms with Crippen LogP contribution in [0.5, 0.6) is 5.75 Å². The number of aliphatic carboxylic acids is 1. The van der Waals surface area contributed by atoms with E-state index < -0.39 is 5.97 Å². The molecule has 0 radical (unpaired) electrons. The van der Waals surface area contributed by atoms with Crippen molar-refractivity contribution in [3.8, 4) is 16.9 Å². The Morgan fingerprint density at radius 2 is 1.91 bits per heavy atom. The molecule has 0 spiro atoms. The Labute approximate surface area is 197 Å². The molecule has 32 heavy (non-hydrogen) atoms. The Balaban J connectivity index is 1.76. The number of benzene rings is 2. The minimum absolute atomic E-state index is 0.106. The van der Waals surface area contributed by atoms with Gasteiger partial charge in [0.25, 0.3) is 0 Å². The van der Waals surface area contributed by atoms with Crippen LogP contribution in [0.4, 0.5) is 0 Å². The van der Waals surface area contributed by atoms with Gasteiger partial charge in [-0.15, -0.1) is 11.3 Å². The zero-order chi connectivity index (χ0) is 22.8. The number of rotatable bonds is 8. The highest BCUT2D eigenvalue weighted by molar-refractivity contribution is 8.00. The van der Waals surface area contributed by atoms with E-state index in [0.29, 0.717) is 13.0 Å². The number of hydrogen-bond acceptors (Lipinski definition) is 4. The molecule has 0 fully saturated rings. The molecule has 0 atom stereocenters. The van der Waals surface area contributed by atoms with Crippen molar-refractivity contribution in [2.24, 2.45) is 0 Å². The molecule has 2 heterocycles. The topological polar surface area (TPSA) is 51.5 Å². The number of aromatic nitrogens is 1. The SMILES string of the molecule is CCOc1ccc2c(c1)c(CCC(=O)O)cn2Sc1sc(C)cc1-c1ccc(C)c(C)c1. The molecular formula is C26H27NO3S2. The summed E-state index contributed by atoms with van der Waals surface area (Å²) in [6, 6.07) is 14.9. The molecule has 166 valence electrons. The van der Waals surface area contributed by atoms with E-state index in [-0.39, 0.29) is 6.42 Å². The Bertz CT molecular complexity index is 1290. The van der Waals surface area contributed by atoms with Gasteiger partial charge in [0.1, 0.15) is 5.75 Å². The van der Waals surface area contributed by atoms with Crippen LogP contribution >= 0.6 is 23.3 Å². The first-order chi connectivity index (χ1) is 15.4. The van der Waals surface area contributed by atoms with Crippen molar-refractivity contribution in [3.63, 3.8) is 0 Å². The lowest BCUT2D eigenvalue weighted by atomic mass is 10.0. The summed E-state index contributed by atoms with van der Waals surface area (Å²) in [6.45, 7) is 8.98. The van der Waals surface area contributed by atoms with Gasteiger partial charge in [-0.2, -0.15) is 0 Å². The second kappa shape index (κ2) is 9.43. The third-order valence-corrected chi connectivity index (χ3v) is 7.77. The minimum Gasteiger partial charge on any atom is -0.494 e. The summed E-state index contributed by atoms with van der Waals surface area (Å²) in [5.41, 5.74) is 7.13. The summed E-state index contributed by atoms with van der Waals surface area (Å²) in [6.07, 6.45) is 2.67. The van der Waals surface area contributed by atoms with Crippen LogP contribution in [0.15, 0.2) is 52.9 Å². The first-order valence-corrected chi connectivity index (χ1v) is 12.3. The number of thiophene rings is 1. The average molecular weight is 466 g/mol. The van der Waals surface area contributed by atoms with Gasteiger partial charge >= 0.3 is 5.97 Å². The standard InChI is InChI=1S/C26H27NO3S2/c1-5-30-21-9-10-24-22(14-21)20(8-11-25(28)29)15-27(24)32-26-23(13-18(4)31-26)19-7-6-16(2)17(3)12-19/h6-7,9-10,12-15H,5,8,11H2,1-4H3,(H,28,29). The lowest BCUT2D eigenvalue weighted by Gasteiger charge is -2.08. The van der Waals surface area contributed by atoms with Gasteiger partial charge in [-0.05, 0) is 80.6 Å². The zero-order valence-corrected chi connectivity index (χ0v) is 20.4. The fraction of sp³-hybridized carbons (Fsp3) is 0.269. The van der Waals surface area contributed by atoms with Crippen molar-refractivity contribution in [2.75, 3.05) is 6.61 Å². The van der Waals surface area contributed by atoms with Gasteiger partial charge < -0.3 is 9.84 Å². The van der Waals surface area contributed by atoms with E-state index in [0.717, 1.165) is 22.2 Å². The minimum atomic E-state index is -0.787. The van der Waals surface area contributed by atoms with E-state index in [1.54, 1.807) is 23.3 Å². The lowest BCUT2D eigenvalue weighted by molar-refractivity contribution is -0.136. The van der Waals surface area contributed by atoms with Gasteiger partial charge in [-0.25, -0.2) is 0 Å². The highest BCUT2D eigenvalue weighted by Crippen LogP contribution is 2.42. The molecule has 0 unspecified atom stereocenters. The molecule has 1 N–H and O–H groups in total. The zero-order valence-electron chi connectivity index (χ0n) is 18.8. The highest BCUT2D eigenvalue weighted by atomic mass is 32.2. The lowest BCUT2D eigenvalue weighted by Crippen LogP contribution is -1.97. The van der Waals surface area contributed by atoms with Gasteiger partial charge in [-0.1, -0.05) is 18.2 Å². The van der Waals surface area contributed by atoms with Gasteiger partial charge in [0.2, 0.25) is 0 Å². The molecule has 4 nitrogen and oxygen atoms in total. The van der Waals surface area contributed by atoms with Gasteiger partial charge in [0, 0.05) is 40.4 Å². The van der Waals surface area contributed by atoms with Crippen molar-refractivity contribution >= 4 is 40.2 Å². The molecular weight excluding hydrogens is 438 g/mol. The van der Waals surface area contributed by atoms with Crippen LogP contribution in [-0.4, -0.2) is 21.7 Å². The fourth-order valence-electron chi connectivity index (χ4n) is 3.78. The van der Waals surface area contributed by atoms with Crippen molar-refractivity contribution in [1.82, 2.24) is 3.97 Å². The molecule has 0 saturated carbocycles. The van der Waals surface area contributed by atoms with Crippen molar-refractivity contribution in [1.29, 1.82) is 0 Å². The maximum absolute atomic E-state index is 11.2. The first kappa shape index (κ1) is 22.5. The Morgan fingerprint density at radius 3 is 2.62 bits per heavy atom. The average Bonchev–Trinajstić information content (AvgIpc) is 3.29. The summed E-state index contributed by atoms with van der Waals surface area (Å²) in [4.78, 5) is 12.5. The summed E-state index contributed by atoms with van der Waals surface area (Å²) in [5, 5.41) is 10.2. The number of aryl methyl sites for hydroxylation is 4. The second-order valence-electron chi connectivity index (χ2n) is 7.93. The molecule has 2 aromatic heterocycles.